The smallest absolute Gasteiger partial charge is 0.0794 e. The lowest BCUT2D eigenvalue weighted by Gasteiger charge is -2.02. The van der Waals surface area contributed by atoms with E-state index in [0.29, 0.717) is 0 Å². The van der Waals surface area contributed by atoms with Gasteiger partial charge in [0.2, 0.25) is 0 Å². The van der Waals surface area contributed by atoms with Crippen molar-refractivity contribution in [3.63, 3.8) is 0 Å². The average Bonchev–Trinajstić information content (AvgIpc) is 2.74. The first-order chi connectivity index (χ1) is 7.34. The molecule has 0 aliphatic carbocycles. The Kier molecular flexibility index (Phi) is 4.10. The maximum absolute atomic E-state index is 4.04. The molecule has 4 heteroatoms. The van der Waals surface area contributed by atoms with Gasteiger partial charge in [0.25, 0.3) is 0 Å². The molecule has 0 unspecified atom stereocenters. The zero-order valence-corrected chi connectivity index (χ0v) is 11.1. The summed E-state index contributed by atoms with van der Waals surface area (Å²) in [4.78, 5) is 5.32. The van der Waals surface area contributed by atoms with Gasteiger partial charge in [0.15, 0.2) is 0 Å². The van der Waals surface area contributed by atoms with Crippen LogP contribution in [0.3, 0.4) is 0 Å². The standard InChI is InChI=1S/C11H11IN2S/c12-10-3-1-9(2-4-10)5-13-6-11-7-14-8-15-11/h1-4,7-8,13H,5-6H2. The van der Waals surface area contributed by atoms with Crippen molar-refractivity contribution in [1.82, 2.24) is 10.3 Å². The van der Waals surface area contributed by atoms with Crippen LogP contribution in [-0.4, -0.2) is 4.98 Å². The summed E-state index contributed by atoms with van der Waals surface area (Å²) >= 11 is 4.00. The van der Waals surface area contributed by atoms with Crippen molar-refractivity contribution in [3.05, 3.63) is 50.0 Å². The van der Waals surface area contributed by atoms with Crippen LogP contribution < -0.4 is 5.32 Å². The largest absolute Gasteiger partial charge is 0.308 e. The van der Waals surface area contributed by atoms with Crippen LogP contribution in [0.25, 0.3) is 0 Å². The van der Waals surface area contributed by atoms with E-state index in [1.807, 2.05) is 11.7 Å². The number of thiazole rings is 1. The zero-order chi connectivity index (χ0) is 10.5. The van der Waals surface area contributed by atoms with Gasteiger partial charge in [-0.2, -0.15) is 0 Å². The minimum atomic E-state index is 0.899. The van der Waals surface area contributed by atoms with Crippen LogP contribution in [0.2, 0.25) is 0 Å². The molecule has 0 saturated carbocycles. The lowest BCUT2D eigenvalue weighted by Crippen LogP contribution is -2.11. The van der Waals surface area contributed by atoms with Crippen LogP contribution in [0.1, 0.15) is 10.4 Å². The van der Waals surface area contributed by atoms with Gasteiger partial charge in [0, 0.05) is 27.7 Å². The Hall–Kier alpha value is -0.460. The lowest BCUT2D eigenvalue weighted by atomic mass is 10.2. The minimum Gasteiger partial charge on any atom is -0.308 e. The van der Waals surface area contributed by atoms with E-state index >= 15 is 0 Å². The molecule has 2 aromatic rings. The monoisotopic (exact) mass is 330 g/mol. The lowest BCUT2D eigenvalue weighted by molar-refractivity contribution is 0.700. The maximum atomic E-state index is 4.04. The fourth-order valence-electron chi connectivity index (χ4n) is 1.26. The third-order valence-corrected chi connectivity index (χ3v) is 3.52. The van der Waals surface area contributed by atoms with Crippen LogP contribution in [0.5, 0.6) is 0 Å². The first-order valence-electron chi connectivity index (χ1n) is 4.67. The van der Waals surface area contributed by atoms with E-state index < -0.39 is 0 Å². The molecule has 0 fully saturated rings. The SMILES string of the molecule is Ic1ccc(CNCc2cncs2)cc1. The Bertz CT molecular complexity index is 397. The van der Waals surface area contributed by atoms with Crippen molar-refractivity contribution in [2.24, 2.45) is 0 Å². The van der Waals surface area contributed by atoms with Gasteiger partial charge in [-0.25, -0.2) is 0 Å². The second-order valence-electron chi connectivity index (χ2n) is 3.20. The number of benzene rings is 1. The number of hydrogen-bond donors (Lipinski definition) is 1. The van der Waals surface area contributed by atoms with E-state index in [1.165, 1.54) is 14.0 Å². The van der Waals surface area contributed by atoms with Crippen molar-refractivity contribution in [2.75, 3.05) is 0 Å². The van der Waals surface area contributed by atoms with Gasteiger partial charge in [0.05, 0.1) is 5.51 Å². The van der Waals surface area contributed by atoms with Crippen molar-refractivity contribution >= 4 is 33.9 Å². The summed E-state index contributed by atoms with van der Waals surface area (Å²) in [5.41, 5.74) is 3.18. The van der Waals surface area contributed by atoms with Crippen LogP contribution >= 0.6 is 33.9 Å². The number of hydrogen-bond acceptors (Lipinski definition) is 3. The van der Waals surface area contributed by atoms with Crippen molar-refractivity contribution in [1.29, 1.82) is 0 Å². The first-order valence-corrected chi connectivity index (χ1v) is 6.63. The predicted molar refractivity (Wildman–Crippen MR) is 71.8 cm³/mol. The van der Waals surface area contributed by atoms with E-state index in [4.69, 9.17) is 0 Å². The third-order valence-electron chi connectivity index (χ3n) is 2.03. The second-order valence-corrected chi connectivity index (χ2v) is 5.41. The molecule has 0 atom stereocenters. The molecule has 2 nitrogen and oxygen atoms in total. The fourth-order valence-corrected chi connectivity index (χ4v) is 2.19. The Morgan fingerprint density at radius 2 is 2.00 bits per heavy atom. The topological polar surface area (TPSA) is 24.9 Å². The molecule has 0 spiro atoms. The number of nitrogens with one attached hydrogen (secondary N) is 1. The number of nitrogens with zero attached hydrogens (tertiary/aromatic N) is 1. The molecule has 78 valence electrons. The van der Waals surface area contributed by atoms with Crippen LogP contribution in [0.15, 0.2) is 36.0 Å². The van der Waals surface area contributed by atoms with Crippen molar-refractivity contribution in [2.45, 2.75) is 13.1 Å². The molecule has 2 rings (SSSR count). The van der Waals surface area contributed by atoms with E-state index in [0.717, 1.165) is 13.1 Å². The summed E-state index contributed by atoms with van der Waals surface area (Å²) in [6, 6.07) is 8.57. The molecule has 1 aromatic carbocycles. The summed E-state index contributed by atoms with van der Waals surface area (Å²) < 4.78 is 1.28. The van der Waals surface area contributed by atoms with Gasteiger partial charge in [-0.3, -0.25) is 4.98 Å². The van der Waals surface area contributed by atoms with Crippen molar-refractivity contribution < 1.29 is 0 Å². The van der Waals surface area contributed by atoms with E-state index in [1.54, 1.807) is 11.3 Å². The molecule has 1 aromatic heterocycles. The Morgan fingerprint density at radius 3 is 2.67 bits per heavy atom. The molecule has 0 radical (unpaired) electrons. The molecule has 0 aliphatic heterocycles. The Morgan fingerprint density at radius 1 is 1.20 bits per heavy atom. The van der Waals surface area contributed by atoms with Crippen LogP contribution in [-0.2, 0) is 13.1 Å². The van der Waals surface area contributed by atoms with Gasteiger partial charge < -0.3 is 5.32 Å². The van der Waals surface area contributed by atoms with E-state index in [9.17, 15) is 0 Å². The highest BCUT2D eigenvalue weighted by Gasteiger charge is 1.95. The summed E-state index contributed by atoms with van der Waals surface area (Å²) in [5, 5.41) is 3.39. The summed E-state index contributed by atoms with van der Waals surface area (Å²) in [7, 11) is 0. The van der Waals surface area contributed by atoms with Gasteiger partial charge in [-0.05, 0) is 40.3 Å². The van der Waals surface area contributed by atoms with Crippen molar-refractivity contribution in [3.8, 4) is 0 Å². The van der Waals surface area contributed by atoms with Crippen LogP contribution in [0.4, 0.5) is 0 Å². The predicted octanol–water partition coefficient (Wildman–Crippen LogP) is 3.04. The van der Waals surface area contributed by atoms with Gasteiger partial charge in [-0.1, -0.05) is 12.1 Å². The normalized spacial score (nSPS) is 10.5. The molecule has 0 amide bonds. The molecule has 0 bridgehead atoms. The van der Waals surface area contributed by atoms with E-state index in [2.05, 4.69) is 57.2 Å². The molecule has 1 N–H and O–H groups in total. The molecular weight excluding hydrogens is 319 g/mol. The van der Waals surface area contributed by atoms with Gasteiger partial charge in [-0.15, -0.1) is 11.3 Å². The van der Waals surface area contributed by atoms with E-state index in [-0.39, 0.29) is 0 Å². The average molecular weight is 330 g/mol. The molecule has 1 heterocycles. The maximum Gasteiger partial charge on any atom is 0.0794 e. The van der Waals surface area contributed by atoms with Gasteiger partial charge in [0.1, 0.15) is 0 Å². The minimum absolute atomic E-state index is 0.899. The number of rotatable bonds is 4. The van der Waals surface area contributed by atoms with Gasteiger partial charge >= 0.3 is 0 Å². The zero-order valence-electron chi connectivity index (χ0n) is 8.11. The number of halogens is 1. The van der Waals surface area contributed by atoms with Crippen LogP contribution in [0, 0.1) is 3.57 Å². The highest BCUT2D eigenvalue weighted by Crippen LogP contribution is 2.08. The molecule has 15 heavy (non-hydrogen) atoms. The molecular formula is C11H11IN2S. The highest BCUT2D eigenvalue weighted by molar-refractivity contribution is 14.1. The summed E-state index contributed by atoms with van der Waals surface area (Å²) in [6.45, 7) is 1.81. The fraction of sp³-hybridized carbons (Fsp3) is 0.182. The second kappa shape index (κ2) is 5.58. The number of aromatic nitrogens is 1. The Labute approximate surface area is 107 Å². The first kappa shape index (κ1) is 11.0. The Balaban J connectivity index is 1.81. The highest BCUT2D eigenvalue weighted by atomic mass is 127. The molecule has 0 aliphatic rings. The summed E-state index contributed by atoms with van der Waals surface area (Å²) in [6.07, 6.45) is 1.91. The quantitative estimate of drug-likeness (QED) is 0.872. The molecule has 0 saturated heterocycles. The third kappa shape index (κ3) is 3.55. The summed E-state index contributed by atoms with van der Waals surface area (Å²) in [5.74, 6) is 0.